The fraction of sp³-hybridized carbons (Fsp3) is 0.619. The van der Waals surface area contributed by atoms with E-state index >= 15 is 0 Å². The standard InChI is InChI=1S/C21H31N3O2/c1-2-17-8-6-7-11-19(17)22-20(25)16-23-12-14-24(15-13-23)21(26)18-9-4-3-5-10-18/h6-8,11,18H,2-5,9-10,12-16H2,1H3,(H,22,25). The number of rotatable bonds is 5. The molecular weight excluding hydrogens is 326 g/mol. The van der Waals surface area contributed by atoms with Crippen LogP contribution < -0.4 is 5.32 Å². The van der Waals surface area contributed by atoms with E-state index < -0.39 is 0 Å². The maximum Gasteiger partial charge on any atom is 0.238 e. The van der Waals surface area contributed by atoms with E-state index in [1.54, 1.807) is 0 Å². The summed E-state index contributed by atoms with van der Waals surface area (Å²) in [7, 11) is 0. The molecule has 5 heteroatoms. The summed E-state index contributed by atoms with van der Waals surface area (Å²) >= 11 is 0. The van der Waals surface area contributed by atoms with E-state index in [4.69, 9.17) is 0 Å². The normalized spacial score (nSPS) is 19.3. The van der Waals surface area contributed by atoms with Crippen LogP contribution in [0.4, 0.5) is 5.69 Å². The Labute approximate surface area is 156 Å². The topological polar surface area (TPSA) is 52.7 Å². The van der Waals surface area contributed by atoms with Gasteiger partial charge in [-0.15, -0.1) is 0 Å². The van der Waals surface area contributed by atoms with Gasteiger partial charge in [0.2, 0.25) is 11.8 Å². The smallest absolute Gasteiger partial charge is 0.238 e. The zero-order chi connectivity index (χ0) is 18.4. The van der Waals surface area contributed by atoms with Crippen LogP contribution >= 0.6 is 0 Å². The van der Waals surface area contributed by atoms with E-state index in [1.807, 2.05) is 29.2 Å². The summed E-state index contributed by atoms with van der Waals surface area (Å²) in [5.74, 6) is 0.604. The second-order valence-corrected chi connectivity index (χ2v) is 7.50. The van der Waals surface area contributed by atoms with Crippen LogP contribution in [0.2, 0.25) is 0 Å². The Bertz CT molecular complexity index is 617. The zero-order valence-corrected chi connectivity index (χ0v) is 15.9. The van der Waals surface area contributed by atoms with Gasteiger partial charge in [0.25, 0.3) is 0 Å². The molecule has 0 spiro atoms. The number of amides is 2. The number of aryl methyl sites for hydroxylation is 1. The van der Waals surface area contributed by atoms with Gasteiger partial charge in [0, 0.05) is 37.8 Å². The number of piperazine rings is 1. The number of benzene rings is 1. The average molecular weight is 357 g/mol. The lowest BCUT2D eigenvalue weighted by atomic mass is 9.88. The third-order valence-electron chi connectivity index (χ3n) is 5.68. The SMILES string of the molecule is CCc1ccccc1NC(=O)CN1CCN(C(=O)C2CCCCC2)CC1. The van der Waals surface area contributed by atoms with E-state index in [9.17, 15) is 9.59 Å². The van der Waals surface area contributed by atoms with Crippen LogP contribution in [0, 0.1) is 5.92 Å². The van der Waals surface area contributed by atoms with Crippen molar-refractivity contribution in [3.63, 3.8) is 0 Å². The summed E-state index contributed by atoms with van der Waals surface area (Å²) in [6, 6.07) is 7.95. The third-order valence-corrected chi connectivity index (χ3v) is 5.68. The number of hydrogen-bond acceptors (Lipinski definition) is 3. The molecule has 0 radical (unpaired) electrons. The van der Waals surface area contributed by atoms with Crippen LogP contribution in [-0.2, 0) is 16.0 Å². The monoisotopic (exact) mass is 357 g/mol. The minimum atomic E-state index is 0.0259. The lowest BCUT2D eigenvalue weighted by molar-refractivity contribution is -0.138. The van der Waals surface area contributed by atoms with Gasteiger partial charge < -0.3 is 10.2 Å². The molecule has 0 atom stereocenters. The Balaban J connectivity index is 1.44. The number of hydrogen-bond donors (Lipinski definition) is 1. The minimum Gasteiger partial charge on any atom is -0.340 e. The summed E-state index contributed by atoms with van der Waals surface area (Å²) in [4.78, 5) is 29.2. The summed E-state index contributed by atoms with van der Waals surface area (Å²) in [6.07, 6.45) is 6.66. The minimum absolute atomic E-state index is 0.0259. The van der Waals surface area contributed by atoms with Crippen molar-refractivity contribution in [2.24, 2.45) is 5.92 Å². The van der Waals surface area contributed by atoms with Crippen LogP contribution in [0.5, 0.6) is 0 Å². The van der Waals surface area contributed by atoms with Crippen molar-refractivity contribution in [1.29, 1.82) is 0 Å². The van der Waals surface area contributed by atoms with Gasteiger partial charge in [-0.2, -0.15) is 0 Å². The van der Waals surface area contributed by atoms with Crippen LogP contribution in [0.15, 0.2) is 24.3 Å². The van der Waals surface area contributed by atoms with Gasteiger partial charge in [-0.25, -0.2) is 0 Å². The van der Waals surface area contributed by atoms with Gasteiger partial charge in [-0.05, 0) is 30.9 Å². The van der Waals surface area contributed by atoms with Gasteiger partial charge >= 0.3 is 0 Å². The molecule has 1 aromatic carbocycles. The second kappa shape index (κ2) is 9.17. The number of nitrogens with zero attached hydrogens (tertiary/aromatic N) is 2. The molecule has 1 N–H and O–H groups in total. The van der Waals surface area contributed by atoms with Crippen molar-refractivity contribution in [3.8, 4) is 0 Å². The molecule has 2 aliphatic rings. The van der Waals surface area contributed by atoms with E-state index in [0.717, 1.165) is 56.7 Å². The van der Waals surface area contributed by atoms with Crippen molar-refractivity contribution in [2.75, 3.05) is 38.0 Å². The van der Waals surface area contributed by atoms with Gasteiger partial charge in [0.15, 0.2) is 0 Å². The molecule has 1 aliphatic carbocycles. The highest BCUT2D eigenvalue weighted by atomic mass is 16.2. The molecule has 2 fully saturated rings. The highest BCUT2D eigenvalue weighted by molar-refractivity contribution is 5.93. The van der Waals surface area contributed by atoms with E-state index in [-0.39, 0.29) is 11.8 Å². The van der Waals surface area contributed by atoms with E-state index in [1.165, 1.54) is 19.3 Å². The summed E-state index contributed by atoms with van der Waals surface area (Å²) in [5.41, 5.74) is 2.06. The summed E-state index contributed by atoms with van der Waals surface area (Å²) in [6.45, 7) is 5.53. The maximum atomic E-state index is 12.6. The Morgan fingerprint density at radius 3 is 2.42 bits per heavy atom. The van der Waals surface area contributed by atoms with Crippen LogP contribution in [0.3, 0.4) is 0 Å². The number of anilines is 1. The number of nitrogens with one attached hydrogen (secondary N) is 1. The van der Waals surface area contributed by atoms with Gasteiger partial charge in [-0.3, -0.25) is 14.5 Å². The quantitative estimate of drug-likeness (QED) is 0.881. The Morgan fingerprint density at radius 1 is 1.04 bits per heavy atom. The number of para-hydroxylation sites is 1. The molecule has 1 aliphatic heterocycles. The van der Waals surface area contributed by atoms with Crippen molar-refractivity contribution >= 4 is 17.5 Å². The summed E-state index contributed by atoms with van der Waals surface area (Å²) in [5, 5.41) is 3.03. The first kappa shape index (κ1) is 18.9. The van der Waals surface area contributed by atoms with E-state index in [0.29, 0.717) is 12.5 Å². The predicted molar refractivity (Wildman–Crippen MR) is 104 cm³/mol. The molecule has 1 saturated heterocycles. The Morgan fingerprint density at radius 2 is 1.73 bits per heavy atom. The Hall–Kier alpha value is -1.88. The number of carbonyl (C=O) groups is 2. The van der Waals surface area contributed by atoms with Crippen molar-refractivity contribution < 1.29 is 9.59 Å². The number of carbonyl (C=O) groups excluding carboxylic acids is 2. The molecule has 26 heavy (non-hydrogen) atoms. The molecule has 142 valence electrons. The molecule has 0 aromatic heterocycles. The fourth-order valence-corrected chi connectivity index (χ4v) is 4.08. The molecule has 5 nitrogen and oxygen atoms in total. The molecule has 0 bridgehead atoms. The van der Waals surface area contributed by atoms with Crippen molar-refractivity contribution in [2.45, 2.75) is 45.4 Å². The molecule has 1 aromatic rings. The highest BCUT2D eigenvalue weighted by Gasteiger charge is 2.28. The van der Waals surface area contributed by atoms with E-state index in [2.05, 4.69) is 17.1 Å². The molecule has 2 amide bonds. The first-order valence-corrected chi connectivity index (χ1v) is 10.1. The fourth-order valence-electron chi connectivity index (χ4n) is 4.08. The first-order chi connectivity index (χ1) is 12.7. The lowest BCUT2D eigenvalue weighted by Crippen LogP contribution is -2.52. The Kier molecular flexibility index (Phi) is 6.67. The highest BCUT2D eigenvalue weighted by Crippen LogP contribution is 2.25. The van der Waals surface area contributed by atoms with Gasteiger partial charge in [0.1, 0.15) is 0 Å². The second-order valence-electron chi connectivity index (χ2n) is 7.50. The maximum absolute atomic E-state index is 12.6. The predicted octanol–water partition coefficient (Wildman–Crippen LogP) is 2.91. The molecule has 1 heterocycles. The van der Waals surface area contributed by atoms with Crippen molar-refractivity contribution in [3.05, 3.63) is 29.8 Å². The van der Waals surface area contributed by atoms with Gasteiger partial charge in [0.05, 0.1) is 6.54 Å². The summed E-state index contributed by atoms with van der Waals surface area (Å²) < 4.78 is 0. The van der Waals surface area contributed by atoms with Crippen LogP contribution in [0.1, 0.15) is 44.6 Å². The molecule has 3 rings (SSSR count). The van der Waals surface area contributed by atoms with Gasteiger partial charge in [-0.1, -0.05) is 44.4 Å². The molecule has 0 unspecified atom stereocenters. The third kappa shape index (κ3) is 4.85. The zero-order valence-electron chi connectivity index (χ0n) is 15.9. The molecular formula is C21H31N3O2. The first-order valence-electron chi connectivity index (χ1n) is 10.1. The average Bonchev–Trinajstić information content (AvgIpc) is 2.69. The van der Waals surface area contributed by atoms with Crippen molar-refractivity contribution in [1.82, 2.24) is 9.80 Å². The molecule has 1 saturated carbocycles. The largest absolute Gasteiger partial charge is 0.340 e. The lowest BCUT2D eigenvalue weighted by Gasteiger charge is -2.36. The van der Waals surface area contributed by atoms with Crippen LogP contribution in [0.25, 0.3) is 0 Å². The van der Waals surface area contributed by atoms with Crippen LogP contribution in [-0.4, -0.2) is 54.3 Å².